The number of H-pyrrole nitrogens is 1. The molecule has 2 aromatic rings. The highest BCUT2D eigenvalue weighted by molar-refractivity contribution is 7.66. The van der Waals surface area contributed by atoms with Gasteiger partial charge in [0.2, 0.25) is 5.91 Å². The number of likely N-dealkylation sites (tertiary alicyclic amines) is 1. The molecule has 3 unspecified atom stereocenters. The summed E-state index contributed by atoms with van der Waals surface area (Å²) >= 11 is 0. The topological polar surface area (TPSA) is 297 Å². The van der Waals surface area contributed by atoms with Crippen molar-refractivity contribution in [1.29, 1.82) is 0 Å². The molecule has 21 nitrogen and oxygen atoms in total. The molecule has 8 N–H and O–H groups in total. The number of ether oxygens (including phenoxy) is 1. The molecule has 1 amide bonds. The summed E-state index contributed by atoms with van der Waals surface area (Å²) in [7, 11) is -14.7. The van der Waals surface area contributed by atoms with Gasteiger partial charge in [0, 0.05) is 12.3 Å². The van der Waals surface area contributed by atoms with Gasteiger partial charge in [-0.3, -0.25) is 18.9 Å². The van der Waals surface area contributed by atoms with E-state index < -0.39 is 54.2 Å². The normalized spacial score (nSPS) is 25.2. The molecule has 5 atom stereocenters. The molecule has 0 aliphatic carbocycles. The van der Waals surface area contributed by atoms with Crippen molar-refractivity contribution in [2.45, 2.75) is 37.7 Å². The van der Waals surface area contributed by atoms with Crippen LogP contribution in [0.4, 0.5) is 5.82 Å². The molecule has 0 spiro atoms. The van der Waals surface area contributed by atoms with Crippen LogP contribution in [0.3, 0.4) is 0 Å². The first-order valence-electron chi connectivity index (χ1n) is 12.3. The van der Waals surface area contributed by atoms with Crippen LogP contribution in [0.1, 0.15) is 25.5 Å². The molecule has 0 saturated carbocycles. The zero-order chi connectivity index (χ0) is 30.9. The van der Waals surface area contributed by atoms with Crippen LogP contribution >= 0.6 is 23.5 Å². The van der Waals surface area contributed by atoms with Crippen LogP contribution in [0.2, 0.25) is 0 Å². The van der Waals surface area contributed by atoms with E-state index in [0.29, 0.717) is 0 Å². The SMILES string of the molecule is CN1CCC(C(=O)NCNc2[nH]c(=O)nc3c2ncn3[C@H]2CC(O)[C@@H](COP(=O)(O)OP(=O)(O)OP(=O)(O)O)O2)CC1. The lowest BCUT2D eigenvalue weighted by Crippen LogP contribution is -2.40. The van der Waals surface area contributed by atoms with Crippen molar-refractivity contribution in [3.63, 3.8) is 0 Å². The van der Waals surface area contributed by atoms with E-state index in [1.807, 2.05) is 7.05 Å². The van der Waals surface area contributed by atoms with E-state index in [2.05, 4.69) is 43.6 Å². The summed E-state index contributed by atoms with van der Waals surface area (Å²) in [5.74, 6) is -0.0754. The third-order valence-electron chi connectivity index (χ3n) is 6.39. The van der Waals surface area contributed by atoms with E-state index in [9.17, 15) is 38.2 Å². The molecule has 24 heteroatoms. The van der Waals surface area contributed by atoms with E-state index >= 15 is 0 Å². The quantitative estimate of drug-likeness (QED) is 0.0993. The molecule has 4 heterocycles. The average Bonchev–Trinajstić information content (AvgIpc) is 3.43. The molecule has 2 saturated heterocycles. The van der Waals surface area contributed by atoms with E-state index in [0.717, 1.165) is 25.9 Å². The Morgan fingerprint density at radius 2 is 1.86 bits per heavy atom. The van der Waals surface area contributed by atoms with Gasteiger partial charge in [0.05, 0.1) is 25.7 Å². The number of amides is 1. The molecule has 0 aromatic carbocycles. The minimum Gasteiger partial charge on any atom is -0.390 e. The molecular formula is C18H30N7O14P3. The molecule has 2 aliphatic heterocycles. The summed E-state index contributed by atoms with van der Waals surface area (Å²) in [5.41, 5.74) is -0.497. The van der Waals surface area contributed by atoms with Gasteiger partial charge in [0.1, 0.15) is 23.7 Å². The fourth-order valence-corrected chi connectivity index (χ4v) is 7.44. The van der Waals surface area contributed by atoms with Crippen LogP contribution < -0.4 is 16.3 Å². The van der Waals surface area contributed by atoms with Gasteiger partial charge in [-0.15, -0.1) is 0 Å². The number of phosphoric ester groups is 1. The molecule has 4 rings (SSSR count). The number of aliphatic hydroxyl groups excluding tert-OH is 1. The molecule has 42 heavy (non-hydrogen) atoms. The van der Waals surface area contributed by atoms with Gasteiger partial charge in [-0.1, -0.05) is 0 Å². The molecule has 236 valence electrons. The number of anilines is 1. The third kappa shape index (κ3) is 8.73. The number of hydrogen-bond donors (Lipinski definition) is 8. The molecule has 0 radical (unpaired) electrons. The first-order valence-corrected chi connectivity index (χ1v) is 16.8. The summed E-state index contributed by atoms with van der Waals surface area (Å²) < 4.78 is 53.0. The van der Waals surface area contributed by atoms with Crippen molar-refractivity contribution < 1.29 is 61.1 Å². The number of aromatic amines is 1. The van der Waals surface area contributed by atoms with Gasteiger partial charge < -0.3 is 45.0 Å². The van der Waals surface area contributed by atoms with Crippen molar-refractivity contribution >= 4 is 46.4 Å². The third-order valence-corrected chi connectivity index (χ3v) is 10.2. The van der Waals surface area contributed by atoms with E-state index in [-0.39, 0.29) is 41.9 Å². The molecular weight excluding hydrogens is 631 g/mol. The second-order valence-electron chi connectivity index (χ2n) is 9.53. The van der Waals surface area contributed by atoms with Crippen molar-refractivity contribution in [2.75, 3.05) is 38.7 Å². The lowest BCUT2D eigenvalue weighted by molar-refractivity contribution is -0.126. The van der Waals surface area contributed by atoms with Gasteiger partial charge >= 0.3 is 29.2 Å². The predicted octanol–water partition coefficient (Wildman–Crippen LogP) is -1.06. The number of aliphatic hydroxyl groups is 1. The fourth-order valence-electron chi connectivity index (χ4n) is 4.41. The number of piperidine rings is 1. The predicted molar refractivity (Wildman–Crippen MR) is 139 cm³/mol. The van der Waals surface area contributed by atoms with Crippen LogP contribution in [0.25, 0.3) is 11.2 Å². The zero-order valence-corrected chi connectivity index (χ0v) is 24.6. The Labute approximate surface area is 236 Å². The largest absolute Gasteiger partial charge is 0.490 e. The van der Waals surface area contributed by atoms with Crippen LogP contribution in [0.15, 0.2) is 11.1 Å². The summed E-state index contributed by atoms with van der Waals surface area (Å²) in [5, 5.41) is 16.1. The van der Waals surface area contributed by atoms with Gasteiger partial charge in [-0.2, -0.15) is 13.6 Å². The second kappa shape index (κ2) is 12.9. The standard InChI is InChI=1S/C18H30N7O14P3/c1-24-4-2-10(3-5-24)17(27)20-8-19-15-14-16(23-18(28)22-15)25(9-21-14)13-6-11(26)12(37-13)7-36-41(32,33)39-42(34,35)38-40(29,30)31/h9-13,26H,2-8H2,1H3,(H,20,27)(H,32,33)(H,34,35)(H2,29,30,31)(H2,19,22,23,28)/t11?,12-,13-/m1/s1. The summed E-state index contributed by atoms with van der Waals surface area (Å²) in [6.45, 7) is 0.761. The number of fused-ring (bicyclic) bond motifs is 1. The van der Waals surface area contributed by atoms with E-state index in [1.54, 1.807) is 0 Å². The number of nitrogens with one attached hydrogen (secondary N) is 3. The fraction of sp³-hybridized carbons (Fsp3) is 0.667. The summed E-state index contributed by atoms with van der Waals surface area (Å²) in [4.78, 5) is 73.6. The monoisotopic (exact) mass is 661 g/mol. The average molecular weight is 661 g/mol. The minimum absolute atomic E-state index is 0.00556. The maximum atomic E-state index is 12.5. The Balaban J connectivity index is 1.37. The van der Waals surface area contributed by atoms with Crippen LogP contribution in [0, 0.1) is 5.92 Å². The minimum atomic E-state index is -5.71. The maximum absolute atomic E-state index is 12.5. The maximum Gasteiger partial charge on any atom is 0.490 e. The Bertz CT molecular complexity index is 1490. The lowest BCUT2D eigenvalue weighted by Gasteiger charge is -2.28. The van der Waals surface area contributed by atoms with Crippen LogP contribution in [-0.2, 0) is 36.4 Å². The Hall–Kier alpha value is -2.09. The van der Waals surface area contributed by atoms with Gasteiger partial charge in [-0.25, -0.2) is 23.5 Å². The molecule has 2 fully saturated rings. The van der Waals surface area contributed by atoms with Gasteiger partial charge in [0.15, 0.2) is 5.65 Å². The Morgan fingerprint density at radius 3 is 2.52 bits per heavy atom. The molecule has 2 aromatic heterocycles. The highest BCUT2D eigenvalue weighted by atomic mass is 31.3. The van der Waals surface area contributed by atoms with Gasteiger partial charge in [-0.05, 0) is 33.0 Å². The number of hydrogen-bond acceptors (Lipinski definition) is 14. The van der Waals surface area contributed by atoms with E-state index in [1.165, 1.54) is 10.9 Å². The number of carbonyl (C=O) groups is 1. The number of rotatable bonds is 12. The Morgan fingerprint density at radius 1 is 1.17 bits per heavy atom. The van der Waals surface area contributed by atoms with Crippen molar-refractivity contribution in [1.82, 2.24) is 29.7 Å². The second-order valence-corrected chi connectivity index (χ2v) is 14.0. The van der Waals surface area contributed by atoms with Crippen LogP contribution in [-0.4, -0.2) is 101 Å². The van der Waals surface area contributed by atoms with Crippen molar-refractivity contribution in [3.8, 4) is 0 Å². The number of phosphoric acid groups is 3. The van der Waals surface area contributed by atoms with Crippen LogP contribution in [0.5, 0.6) is 0 Å². The highest BCUT2D eigenvalue weighted by Crippen LogP contribution is 2.66. The Kier molecular flexibility index (Phi) is 10.1. The van der Waals surface area contributed by atoms with E-state index in [4.69, 9.17) is 14.5 Å². The summed E-state index contributed by atoms with van der Waals surface area (Å²) in [6.07, 6.45) is -0.988. The summed E-state index contributed by atoms with van der Waals surface area (Å²) in [6, 6.07) is 0. The first-order chi connectivity index (χ1) is 19.5. The zero-order valence-electron chi connectivity index (χ0n) is 21.9. The lowest BCUT2D eigenvalue weighted by atomic mass is 9.96. The first kappa shape index (κ1) is 32.8. The smallest absolute Gasteiger partial charge is 0.390 e. The number of imidazole rings is 1. The molecule has 0 bridgehead atoms. The van der Waals surface area contributed by atoms with Crippen molar-refractivity contribution in [2.24, 2.45) is 5.92 Å². The highest BCUT2D eigenvalue weighted by Gasteiger charge is 2.43. The molecule has 2 aliphatic rings. The number of carbonyl (C=O) groups excluding carboxylic acids is 1. The van der Waals surface area contributed by atoms with Gasteiger partial charge in [0.25, 0.3) is 0 Å². The number of nitrogens with zero attached hydrogens (tertiary/aromatic N) is 4. The van der Waals surface area contributed by atoms with Crippen molar-refractivity contribution in [3.05, 3.63) is 16.8 Å². The number of aromatic nitrogens is 4.